The Labute approximate surface area is 195 Å². The van der Waals surface area contributed by atoms with Crippen LogP contribution in [0.3, 0.4) is 0 Å². The number of sulfonamides is 1. The molecule has 0 aliphatic heterocycles. The summed E-state index contributed by atoms with van der Waals surface area (Å²) in [5.74, 6) is 0.0997. The Hall–Kier alpha value is -1.96. The number of unbranched alkanes of at least 4 members (excludes halogenated alkanes) is 1. The van der Waals surface area contributed by atoms with Crippen molar-refractivity contribution in [3.05, 3.63) is 58.1 Å². The number of benzene rings is 2. The molecule has 1 amide bonds. The standard InChI is InChI=1S/C22H29Cl2N3O3S/c1-3-4-14-27(15-13-25-19-10-11-20(23)21(24)16-19)22(28)12-7-17-5-8-18(9-6-17)26-31(2,29)30/h5-6,8-11,16,25-26H,3-4,7,12-15H2,1-2H3. The third-order valence-corrected chi connectivity index (χ3v) is 5.99. The van der Waals surface area contributed by atoms with Crippen molar-refractivity contribution in [1.29, 1.82) is 0 Å². The summed E-state index contributed by atoms with van der Waals surface area (Å²) in [4.78, 5) is 14.7. The highest BCUT2D eigenvalue weighted by atomic mass is 35.5. The highest BCUT2D eigenvalue weighted by Crippen LogP contribution is 2.24. The van der Waals surface area contributed by atoms with Crippen molar-refractivity contribution in [2.75, 3.05) is 35.9 Å². The Morgan fingerprint density at radius 2 is 1.68 bits per heavy atom. The minimum atomic E-state index is -3.30. The van der Waals surface area contributed by atoms with Crippen molar-refractivity contribution < 1.29 is 13.2 Å². The van der Waals surface area contributed by atoms with Gasteiger partial charge in [-0.1, -0.05) is 48.7 Å². The molecule has 0 bridgehead atoms. The molecule has 0 saturated heterocycles. The number of anilines is 2. The molecule has 9 heteroatoms. The van der Waals surface area contributed by atoms with Crippen LogP contribution in [0.5, 0.6) is 0 Å². The van der Waals surface area contributed by atoms with Gasteiger partial charge in [-0.15, -0.1) is 0 Å². The lowest BCUT2D eigenvalue weighted by molar-refractivity contribution is -0.131. The molecule has 2 N–H and O–H groups in total. The van der Waals surface area contributed by atoms with Gasteiger partial charge in [0, 0.05) is 37.4 Å². The second-order valence-corrected chi connectivity index (χ2v) is 9.92. The zero-order valence-corrected chi connectivity index (χ0v) is 20.2. The number of nitrogens with zero attached hydrogens (tertiary/aromatic N) is 1. The van der Waals surface area contributed by atoms with E-state index < -0.39 is 10.0 Å². The minimum absolute atomic E-state index is 0.0997. The van der Waals surface area contributed by atoms with Gasteiger partial charge in [-0.2, -0.15) is 0 Å². The Balaban J connectivity index is 1.87. The summed E-state index contributed by atoms with van der Waals surface area (Å²) in [5.41, 5.74) is 2.35. The van der Waals surface area contributed by atoms with Crippen LogP contribution in [0.2, 0.25) is 10.0 Å². The second-order valence-electron chi connectivity index (χ2n) is 7.36. The molecule has 0 atom stereocenters. The van der Waals surface area contributed by atoms with E-state index in [1.54, 1.807) is 24.3 Å². The number of aryl methyl sites for hydroxylation is 1. The van der Waals surface area contributed by atoms with Crippen LogP contribution in [0.4, 0.5) is 11.4 Å². The maximum atomic E-state index is 12.8. The van der Waals surface area contributed by atoms with E-state index in [1.807, 2.05) is 23.1 Å². The molecule has 0 saturated carbocycles. The predicted octanol–water partition coefficient (Wildman–Crippen LogP) is 5.04. The van der Waals surface area contributed by atoms with E-state index >= 15 is 0 Å². The molecule has 0 unspecified atom stereocenters. The summed E-state index contributed by atoms with van der Waals surface area (Å²) in [6.07, 6.45) is 4.07. The van der Waals surface area contributed by atoms with E-state index in [1.165, 1.54) is 0 Å². The zero-order chi connectivity index (χ0) is 22.9. The molecule has 0 aliphatic rings. The molecule has 6 nitrogen and oxygen atoms in total. The van der Waals surface area contributed by atoms with Crippen molar-refractivity contribution in [1.82, 2.24) is 4.90 Å². The number of hydrogen-bond acceptors (Lipinski definition) is 4. The van der Waals surface area contributed by atoms with Gasteiger partial charge in [0.15, 0.2) is 0 Å². The van der Waals surface area contributed by atoms with Crippen LogP contribution >= 0.6 is 23.2 Å². The van der Waals surface area contributed by atoms with E-state index in [2.05, 4.69) is 17.0 Å². The quantitative estimate of drug-likeness (QED) is 0.441. The summed E-state index contributed by atoms with van der Waals surface area (Å²) in [6, 6.07) is 12.4. The number of carbonyl (C=O) groups excluding carboxylic acids is 1. The number of nitrogens with one attached hydrogen (secondary N) is 2. The van der Waals surface area contributed by atoms with Crippen LogP contribution in [-0.2, 0) is 21.2 Å². The largest absolute Gasteiger partial charge is 0.383 e. The number of hydrogen-bond donors (Lipinski definition) is 2. The topological polar surface area (TPSA) is 78.5 Å². The molecule has 2 aromatic rings. The summed E-state index contributed by atoms with van der Waals surface area (Å²) in [7, 11) is -3.30. The van der Waals surface area contributed by atoms with Crippen LogP contribution in [0, 0.1) is 0 Å². The number of halogens is 2. The Kier molecular flexibility index (Phi) is 9.93. The van der Waals surface area contributed by atoms with Crippen molar-refractivity contribution >= 4 is 50.5 Å². The van der Waals surface area contributed by atoms with Crippen LogP contribution in [0.1, 0.15) is 31.7 Å². The van der Waals surface area contributed by atoms with Crippen molar-refractivity contribution in [2.24, 2.45) is 0 Å². The summed E-state index contributed by atoms with van der Waals surface area (Å²) >= 11 is 12.0. The maximum absolute atomic E-state index is 12.8. The first-order chi connectivity index (χ1) is 14.7. The monoisotopic (exact) mass is 485 g/mol. The summed E-state index contributed by atoms with van der Waals surface area (Å²) in [6.45, 7) is 4.02. The zero-order valence-electron chi connectivity index (χ0n) is 17.8. The van der Waals surface area contributed by atoms with Crippen LogP contribution in [0.15, 0.2) is 42.5 Å². The van der Waals surface area contributed by atoms with Gasteiger partial charge < -0.3 is 10.2 Å². The second kappa shape index (κ2) is 12.2. The van der Waals surface area contributed by atoms with E-state index in [9.17, 15) is 13.2 Å². The van der Waals surface area contributed by atoms with Gasteiger partial charge in [0.25, 0.3) is 0 Å². The third-order valence-electron chi connectivity index (χ3n) is 4.65. The van der Waals surface area contributed by atoms with Gasteiger partial charge in [0.1, 0.15) is 0 Å². The molecule has 2 aromatic carbocycles. The van der Waals surface area contributed by atoms with E-state index in [4.69, 9.17) is 23.2 Å². The molecule has 0 heterocycles. The lowest BCUT2D eigenvalue weighted by Crippen LogP contribution is -2.36. The van der Waals surface area contributed by atoms with Gasteiger partial charge in [0.2, 0.25) is 15.9 Å². The highest BCUT2D eigenvalue weighted by Gasteiger charge is 2.13. The summed E-state index contributed by atoms with van der Waals surface area (Å²) < 4.78 is 25.0. The maximum Gasteiger partial charge on any atom is 0.229 e. The molecule has 0 aromatic heterocycles. The van der Waals surface area contributed by atoms with Crippen molar-refractivity contribution in [3.8, 4) is 0 Å². The minimum Gasteiger partial charge on any atom is -0.383 e. The molecular weight excluding hydrogens is 457 g/mol. The Morgan fingerprint density at radius 3 is 2.29 bits per heavy atom. The Morgan fingerprint density at radius 1 is 1.00 bits per heavy atom. The molecular formula is C22H29Cl2N3O3S. The fourth-order valence-corrected chi connectivity index (χ4v) is 3.88. The van der Waals surface area contributed by atoms with Gasteiger partial charge in [0.05, 0.1) is 16.3 Å². The number of carbonyl (C=O) groups is 1. The molecule has 0 aliphatic carbocycles. The molecule has 31 heavy (non-hydrogen) atoms. The van der Waals surface area contributed by atoms with Gasteiger partial charge >= 0.3 is 0 Å². The van der Waals surface area contributed by atoms with Gasteiger partial charge in [-0.3, -0.25) is 9.52 Å². The van der Waals surface area contributed by atoms with Crippen LogP contribution < -0.4 is 10.0 Å². The van der Waals surface area contributed by atoms with Gasteiger partial charge in [-0.05, 0) is 48.7 Å². The first-order valence-electron chi connectivity index (χ1n) is 10.2. The number of amides is 1. The Bertz CT molecular complexity index is 966. The molecule has 0 fully saturated rings. The van der Waals surface area contributed by atoms with Crippen LogP contribution in [-0.4, -0.2) is 45.1 Å². The van der Waals surface area contributed by atoms with E-state index in [-0.39, 0.29) is 5.91 Å². The lowest BCUT2D eigenvalue weighted by Gasteiger charge is -2.23. The summed E-state index contributed by atoms with van der Waals surface area (Å²) in [5, 5.41) is 4.28. The SMILES string of the molecule is CCCCN(CCNc1ccc(Cl)c(Cl)c1)C(=O)CCc1ccc(NS(C)(=O)=O)cc1. The first kappa shape index (κ1) is 25.3. The number of rotatable bonds is 12. The van der Waals surface area contributed by atoms with Gasteiger partial charge in [-0.25, -0.2) is 8.42 Å². The van der Waals surface area contributed by atoms with Crippen molar-refractivity contribution in [3.63, 3.8) is 0 Å². The fraction of sp³-hybridized carbons (Fsp3) is 0.409. The predicted molar refractivity (Wildman–Crippen MR) is 130 cm³/mol. The lowest BCUT2D eigenvalue weighted by atomic mass is 10.1. The third kappa shape index (κ3) is 9.37. The average molecular weight is 486 g/mol. The van der Waals surface area contributed by atoms with E-state index in [0.29, 0.717) is 41.7 Å². The molecule has 0 radical (unpaired) electrons. The molecule has 170 valence electrons. The van der Waals surface area contributed by atoms with E-state index in [0.717, 1.165) is 36.9 Å². The average Bonchev–Trinajstić information content (AvgIpc) is 2.71. The molecule has 2 rings (SSSR count). The fourth-order valence-electron chi connectivity index (χ4n) is 3.01. The normalized spacial score (nSPS) is 11.2. The highest BCUT2D eigenvalue weighted by molar-refractivity contribution is 7.92. The smallest absolute Gasteiger partial charge is 0.229 e. The van der Waals surface area contributed by atoms with Crippen molar-refractivity contribution in [2.45, 2.75) is 32.6 Å². The first-order valence-corrected chi connectivity index (χ1v) is 12.9. The van der Waals surface area contributed by atoms with Crippen LogP contribution in [0.25, 0.3) is 0 Å². The molecule has 0 spiro atoms.